The Labute approximate surface area is 127 Å². The lowest BCUT2D eigenvalue weighted by atomic mass is 9.83. The first-order valence-electron chi connectivity index (χ1n) is 7.04. The standard InChI is InChI=1S/C19H19BO/c1-3-5-9-15(4-2)17-12-18(14-19(13-17)20-21)16-10-7-6-8-11-16/h3-14,20-21H,1H2,2H3/b9-5-,15-4+. The number of rotatable bonds is 5. The van der Waals surface area contributed by atoms with E-state index in [1.54, 1.807) is 6.08 Å². The van der Waals surface area contributed by atoms with Gasteiger partial charge < -0.3 is 5.02 Å². The van der Waals surface area contributed by atoms with E-state index in [4.69, 9.17) is 0 Å². The molecule has 0 atom stereocenters. The summed E-state index contributed by atoms with van der Waals surface area (Å²) < 4.78 is 0. The van der Waals surface area contributed by atoms with E-state index < -0.39 is 0 Å². The highest BCUT2D eigenvalue weighted by Gasteiger charge is 2.05. The lowest BCUT2D eigenvalue weighted by Gasteiger charge is -2.09. The number of allylic oxidation sites excluding steroid dienone is 5. The zero-order valence-corrected chi connectivity index (χ0v) is 12.3. The molecule has 2 aromatic carbocycles. The van der Waals surface area contributed by atoms with E-state index in [1.165, 1.54) is 0 Å². The van der Waals surface area contributed by atoms with Crippen molar-refractivity contribution in [3.05, 3.63) is 85.0 Å². The third kappa shape index (κ3) is 3.83. The molecule has 0 saturated heterocycles. The van der Waals surface area contributed by atoms with Gasteiger partial charge in [0, 0.05) is 0 Å². The molecular weight excluding hydrogens is 255 g/mol. The average Bonchev–Trinajstić information content (AvgIpc) is 2.56. The van der Waals surface area contributed by atoms with Crippen molar-refractivity contribution in [1.29, 1.82) is 0 Å². The van der Waals surface area contributed by atoms with Gasteiger partial charge in [-0.3, -0.25) is 0 Å². The molecule has 21 heavy (non-hydrogen) atoms. The summed E-state index contributed by atoms with van der Waals surface area (Å²) in [6, 6.07) is 16.4. The topological polar surface area (TPSA) is 20.2 Å². The van der Waals surface area contributed by atoms with Crippen LogP contribution >= 0.6 is 0 Å². The lowest BCUT2D eigenvalue weighted by Crippen LogP contribution is -2.14. The van der Waals surface area contributed by atoms with Gasteiger partial charge in [-0.25, -0.2) is 0 Å². The van der Waals surface area contributed by atoms with Gasteiger partial charge in [0.25, 0.3) is 0 Å². The largest absolute Gasteiger partial charge is 0.449 e. The van der Waals surface area contributed by atoms with E-state index >= 15 is 0 Å². The Morgan fingerprint density at radius 1 is 1.10 bits per heavy atom. The van der Waals surface area contributed by atoms with Crippen LogP contribution in [-0.4, -0.2) is 12.5 Å². The van der Waals surface area contributed by atoms with Crippen LogP contribution in [0.5, 0.6) is 0 Å². The molecule has 104 valence electrons. The van der Waals surface area contributed by atoms with Gasteiger partial charge in [-0.2, -0.15) is 0 Å². The van der Waals surface area contributed by atoms with E-state index in [1.807, 2.05) is 49.4 Å². The summed E-state index contributed by atoms with van der Waals surface area (Å²) in [6.45, 7) is 5.72. The van der Waals surface area contributed by atoms with Crippen molar-refractivity contribution in [3.63, 3.8) is 0 Å². The molecular formula is C19H19BO. The van der Waals surface area contributed by atoms with E-state index in [9.17, 15) is 5.02 Å². The molecule has 0 fully saturated rings. The molecule has 2 rings (SSSR count). The van der Waals surface area contributed by atoms with E-state index in [-0.39, 0.29) is 7.48 Å². The van der Waals surface area contributed by atoms with Crippen LogP contribution in [0.4, 0.5) is 0 Å². The number of hydrogen-bond acceptors (Lipinski definition) is 1. The minimum Gasteiger partial charge on any atom is -0.449 e. The van der Waals surface area contributed by atoms with Crippen LogP contribution in [-0.2, 0) is 0 Å². The monoisotopic (exact) mass is 274 g/mol. The van der Waals surface area contributed by atoms with Crippen LogP contribution in [0.3, 0.4) is 0 Å². The maximum absolute atomic E-state index is 9.51. The van der Waals surface area contributed by atoms with Crippen LogP contribution in [0.2, 0.25) is 0 Å². The molecule has 2 aromatic rings. The molecule has 0 heterocycles. The van der Waals surface area contributed by atoms with Crippen molar-refractivity contribution in [2.45, 2.75) is 6.92 Å². The van der Waals surface area contributed by atoms with Crippen LogP contribution in [0, 0.1) is 0 Å². The predicted molar refractivity (Wildman–Crippen MR) is 93.9 cm³/mol. The second-order valence-corrected chi connectivity index (χ2v) is 4.78. The van der Waals surface area contributed by atoms with Gasteiger partial charge in [0.05, 0.1) is 0 Å². The molecule has 2 heteroatoms. The SMILES string of the molecule is C=C/C=C\C(=C/C)c1cc(BO)cc(-c2ccccc2)c1. The first-order valence-corrected chi connectivity index (χ1v) is 7.04. The molecule has 0 aromatic heterocycles. The highest BCUT2D eigenvalue weighted by atomic mass is 16.2. The van der Waals surface area contributed by atoms with Crippen molar-refractivity contribution in [2.24, 2.45) is 0 Å². The Morgan fingerprint density at radius 2 is 1.86 bits per heavy atom. The second-order valence-electron chi connectivity index (χ2n) is 4.78. The summed E-state index contributed by atoms with van der Waals surface area (Å²) in [4.78, 5) is 0. The van der Waals surface area contributed by atoms with E-state index in [0.717, 1.165) is 27.7 Å². The fourth-order valence-corrected chi connectivity index (χ4v) is 2.28. The van der Waals surface area contributed by atoms with Crippen molar-refractivity contribution in [3.8, 4) is 11.1 Å². The van der Waals surface area contributed by atoms with Gasteiger partial charge in [-0.15, -0.1) is 0 Å². The summed E-state index contributed by atoms with van der Waals surface area (Å²) in [7, 11) is 0.0375. The van der Waals surface area contributed by atoms with Crippen molar-refractivity contribution in [1.82, 2.24) is 0 Å². The van der Waals surface area contributed by atoms with Gasteiger partial charge in [-0.05, 0) is 35.3 Å². The first-order chi connectivity index (χ1) is 10.3. The molecule has 0 aliphatic heterocycles. The van der Waals surface area contributed by atoms with Crippen LogP contribution in [0.15, 0.2) is 79.4 Å². The summed E-state index contributed by atoms with van der Waals surface area (Å²) in [6.07, 6.45) is 7.77. The fourth-order valence-electron chi connectivity index (χ4n) is 2.28. The molecule has 0 spiro atoms. The molecule has 0 radical (unpaired) electrons. The smallest absolute Gasteiger partial charge is 0.304 e. The van der Waals surface area contributed by atoms with Gasteiger partial charge in [0.1, 0.15) is 0 Å². The van der Waals surface area contributed by atoms with Gasteiger partial charge in [0.15, 0.2) is 0 Å². The van der Waals surface area contributed by atoms with Crippen LogP contribution in [0.1, 0.15) is 12.5 Å². The molecule has 1 nitrogen and oxygen atoms in total. The van der Waals surface area contributed by atoms with Gasteiger partial charge >= 0.3 is 7.48 Å². The third-order valence-corrected chi connectivity index (χ3v) is 3.34. The second kappa shape index (κ2) is 7.46. The van der Waals surface area contributed by atoms with Crippen molar-refractivity contribution in [2.75, 3.05) is 0 Å². The van der Waals surface area contributed by atoms with Crippen molar-refractivity contribution >= 4 is 18.5 Å². The Hall–Kier alpha value is -2.32. The lowest BCUT2D eigenvalue weighted by molar-refractivity contribution is 0.615. The maximum Gasteiger partial charge on any atom is 0.304 e. The Morgan fingerprint density at radius 3 is 2.48 bits per heavy atom. The summed E-state index contributed by atoms with van der Waals surface area (Å²) in [5.74, 6) is 0. The minimum absolute atomic E-state index is 0.0375. The molecule has 0 aliphatic rings. The van der Waals surface area contributed by atoms with Crippen LogP contribution in [0.25, 0.3) is 16.7 Å². The minimum atomic E-state index is 0.0375. The molecule has 0 unspecified atom stereocenters. The molecule has 1 N–H and O–H groups in total. The fraction of sp³-hybridized carbons (Fsp3) is 0.0526. The van der Waals surface area contributed by atoms with Gasteiger partial charge in [0.2, 0.25) is 0 Å². The Bertz CT molecular complexity index is 669. The number of hydrogen-bond donors (Lipinski definition) is 1. The molecule has 0 bridgehead atoms. The van der Waals surface area contributed by atoms with E-state index in [0.29, 0.717) is 0 Å². The quantitative estimate of drug-likeness (QED) is 0.654. The normalized spacial score (nSPS) is 11.6. The molecule has 0 saturated carbocycles. The highest BCUT2D eigenvalue weighted by molar-refractivity contribution is 6.45. The third-order valence-electron chi connectivity index (χ3n) is 3.34. The molecule has 0 aliphatic carbocycles. The average molecular weight is 274 g/mol. The summed E-state index contributed by atoms with van der Waals surface area (Å²) in [5, 5.41) is 9.51. The molecule has 0 amide bonds. The summed E-state index contributed by atoms with van der Waals surface area (Å²) >= 11 is 0. The Kier molecular flexibility index (Phi) is 5.36. The predicted octanol–water partition coefficient (Wildman–Crippen LogP) is 3.47. The summed E-state index contributed by atoms with van der Waals surface area (Å²) in [5.41, 5.74) is 5.39. The zero-order chi connectivity index (χ0) is 15.1. The van der Waals surface area contributed by atoms with Crippen LogP contribution < -0.4 is 5.46 Å². The maximum atomic E-state index is 9.51. The number of benzene rings is 2. The zero-order valence-electron chi connectivity index (χ0n) is 12.3. The van der Waals surface area contributed by atoms with Crippen molar-refractivity contribution < 1.29 is 5.02 Å². The highest BCUT2D eigenvalue weighted by Crippen LogP contribution is 2.23. The first kappa shape index (κ1) is 15.1. The van der Waals surface area contributed by atoms with Gasteiger partial charge in [-0.1, -0.05) is 78.8 Å². The Balaban J connectivity index is 2.52. The van der Waals surface area contributed by atoms with E-state index in [2.05, 4.69) is 30.9 Å².